The molecule has 0 N–H and O–H groups in total. The highest BCUT2D eigenvalue weighted by molar-refractivity contribution is 7.92. The zero-order valence-corrected chi connectivity index (χ0v) is 13.3. The van der Waals surface area contributed by atoms with Gasteiger partial charge in [0.25, 0.3) is 0 Å². The number of benzene rings is 2. The molecule has 0 aliphatic rings. The zero-order chi connectivity index (χ0) is 15.5. The molecule has 4 nitrogen and oxygen atoms in total. The van der Waals surface area contributed by atoms with Crippen LogP contribution in [-0.2, 0) is 10.0 Å². The topological polar surface area (TPSA) is 49.7 Å². The van der Waals surface area contributed by atoms with Crippen molar-refractivity contribution < 1.29 is 8.42 Å². The molecule has 0 spiro atoms. The van der Waals surface area contributed by atoms with Crippen LogP contribution < -0.4 is 4.31 Å². The third-order valence-electron chi connectivity index (χ3n) is 2.95. The Labute approximate surface area is 129 Å². The van der Waals surface area contributed by atoms with E-state index in [1.165, 1.54) is 11.4 Å². The number of rotatable bonds is 4. The molecule has 0 radical (unpaired) electrons. The van der Waals surface area contributed by atoms with E-state index in [9.17, 15) is 8.42 Å². The number of hydrogen-bond donors (Lipinski definition) is 0. The summed E-state index contributed by atoms with van der Waals surface area (Å²) in [6.07, 6.45) is 2.81. The highest BCUT2D eigenvalue weighted by Gasteiger charge is 2.11. The van der Waals surface area contributed by atoms with E-state index in [2.05, 4.69) is 4.99 Å². The van der Waals surface area contributed by atoms with Gasteiger partial charge in [0.2, 0.25) is 10.0 Å². The molecule has 6 heteroatoms. The van der Waals surface area contributed by atoms with Gasteiger partial charge in [-0.15, -0.1) is 0 Å². The minimum absolute atomic E-state index is 0.561. The molecule has 21 heavy (non-hydrogen) atoms. The molecule has 0 aliphatic heterocycles. The second-order valence-corrected chi connectivity index (χ2v) is 6.95. The molecule has 0 fully saturated rings. The number of anilines is 1. The first-order valence-electron chi connectivity index (χ1n) is 6.20. The van der Waals surface area contributed by atoms with Gasteiger partial charge in [-0.2, -0.15) is 0 Å². The Balaban J connectivity index is 2.29. The molecule has 0 aromatic heterocycles. The molecule has 2 aromatic carbocycles. The Morgan fingerprint density at radius 3 is 2.52 bits per heavy atom. The van der Waals surface area contributed by atoms with E-state index >= 15 is 0 Å². The molecule has 0 aliphatic carbocycles. The highest BCUT2D eigenvalue weighted by atomic mass is 35.5. The first-order valence-corrected chi connectivity index (χ1v) is 8.43. The van der Waals surface area contributed by atoms with E-state index in [-0.39, 0.29) is 0 Å². The van der Waals surface area contributed by atoms with Crippen molar-refractivity contribution in [2.24, 2.45) is 4.99 Å². The van der Waals surface area contributed by atoms with Crippen molar-refractivity contribution in [1.29, 1.82) is 0 Å². The maximum absolute atomic E-state index is 11.5. The number of sulfonamides is 1. The van der Waals surface area contributed by atoms with Crippen molar-refractivity contribution in [3.63, 3.8) is 0 Å². The standard InChI is InChI=1S/C15H15ClN2O2S/c1-18(21(2,19)20)14-8-5-7-13(10-14)17-11-12-6-3-4-9-15(12)16/h3-11H,1-2H3. The average molecular weight is 323 g/mol. The van der Waals surface area contributed by atoms with Crippen LogP contribution in [0.1, 0.15) is 5.56 Å². The van der Waals surface area contributed by atoms with Gasteiger partial charge in [-0.05, 0) is 24.3 Å². The Hall–Kier alpha value is -1.85. The first kappa shape index (κ1) is 15.5. The van der Waals surface area contributed by atoms with Gasteiger partial charge < -0.3 is 0 Å². The maximum Gasteiger partial charge on any atom is 0.231 e. The molecule has 0 saturated carbocycles. The Bertz CT molecular complexity index is 773. The number of hydrogen-bond acceptors (Lipinski definition) is 3. The lowest BCUT2D eigenvalue weighted by molar-refractivity contribution is 0.600. The second kappa shape index (κ2) is 6.28. The summed E-state index contributed by atoms with van der Waals surface area (Å²) in [5.41, 5.74) is 2.02. The normalized spacial score (nSPS) is 11.8. The summed E-state index contributed by atoms with van der Waals surface area (Å²) in [5, 5.41) is 0.616. The van der Waals surface area contributed by atoms with E-state index in [1.54, 1.807) is 36.5 Å². The van der Waals surface area contributed by atoms with Crippen molar-refractivity contribution in [3.8, 4) is 0 Å². The smallest absolute Gasteiger partial charge is 0.231 e. The number of halogens is 1. The van der Waals surface area contributed by atoms with Gasteiger partial charge >= 0.3 is 0 Å². The second-order valence-electron chi connectivity index (χ2n) is 4.53. The molecular formula is C15H15ClN2O2S. The van der Waals surface area contributed by atoms with Crippen molar-refractivity contribution in [2.75, 3.05) is 17.6 Å². The molecular weight excluding hydrogens is 308 g/mol. The molecule has 110 valence electrons. The monoisotopic (exact) mass is 322 g/mol. The van der Waals surface area contributed by atoms with E-state index in [0.717, 1.165) is 11.8 Å². The maximum atomic E-state index is 11.5. The van der Waals surface area contributed by atoms with Crippen molar-refractivity contribution in [1.82, 2.24) is 0 Å². The molecule has 0 bridgehead atoms. The highest BCUT2D eigenvalue weighted by Crippen LogP contribution is 2.22. The molecule has 0 heterocycles. The molecule has 0 amide bonds. The van der Waals surface area contributed by atoms with Gasteiger partial charge in [-0.1, -0.05) is 35.9 Å². The van der Waals surface area contributed by atoms with Crippen molar-refractivity contribution in [3.05, 3.63) is 59.1 Å². The van der Waals surface area contributed by atoms with Crippen LogP contribution in [0.4, 0.5) is 11.4 Å². The van der Waals surface area contributed by atoms with Crippen LogP contribution in [-0.4, -0.2) is 27.9 Å². The van der Waals surface area contributed by atoms with E-state index in [0.29, 0.717) is 16.4 Å². The fraction of sp³-hybridized carbons (Fsp3) is 0.133. The van der Waals surface area contributed by atoms with Crippen LogP contribution in [0.15, 0.2) is 53.5 Å². The molecule has 2 aromatic rings. The van der Waals surface area contributed by atoms with Crippen LogP contribution in [0.5, 0.6) is 0 Å². The van der Waals surface area contributed by atoms with E-state index < -0.39 is 10.0 Å². The zero-order valence-electron chi connectivity index (χ0n) is 11.7. The van der Waals surface area contributed by atoms with Crippen LogP contribution in [0, 0.1) is 0 Å². The quantitative estimate of drug-likeness (QED) is 0.809. The number of nitrogens with zero attached hydrogens (tertiary/aromatic N) is 2. The molecule has 2 rings (SSSR count). The Morgan fingerprint density at radius 1 is 1.14 bits per heavy atom. The van der Waals surface area contributed by atoms with Gasteiger partial charge in [0.1, 0.15) is 0 Å². The lowest BCUT2D eigenvalue weighted by Crippen LogP contribution is -2.24. The lowest BCUT2D eigenvalue weighted by atomic mass is 10.2. The summed E-state index contributed by atoms with van der Waals surface area (Å²) < 4.78 is 24.3. The fourth-order valence-electron chi connectivity index (χ4n) is 1.68. The summed E-state index contributed by atoms with van der Waals surface area (Å²) in [4.78, 5) is 4.33. The third kappa shape index (κ3) is 4.06. The van der Waals surface area contributed by atoms with Crippen LogP contribution in [0.2, 0.25) is 5.02 Å². The van der Waals surface area contributed by atoms with Gasteiger partial charge in [0, 0.05) is 23.8 Å². The predicted molar refractivity (Wildman–Crippen MR) is 88.4 cm³/mol. The van der Waals surface area contributed by atoms with E-state index in [1.807, 2.05) is 18.2 Å². The van der Waals surface area contributed by atoms with Gasteiger partial charge in [-0.3, -0.25) is 9.30 Å². The largest absolute Gasteiger partial charge is 0.273 e. The summed E-state index contributed by atoms with van der Waals surface area (Å²) in [6.45, 7) is 0. The van der Waals surface area contributed by atoms with Gasteiger partial charge in [0.05, 0.1) is 17.6 Å². The molecule has 0 unspecified atom stereocenters. The minimum atomic E-state index is -3.29. The Kier molecular flexibility index (Phi) is 4.65. The summed E-state index contributed by atoms with van der Waals surface area (Å²) in [5.74, 6) is 0. The Morgan fingerprint density at radius 2 is 1.86 bits per heavy atom. The average Bonchev–Trinajstić information content (AvgIpc) is 2.45. The van der Waals surface area contributed by atoms with Gasteiger partial charge in [-0.25, -0.2) is 8.42 Å². The van der Waals surface area contributed by atoms with Crippen LogP contribution in [0.3, 0.4) is 0 Å². The minimum Gasteiger partial charge on any atom is -0.273 e. The third-order valence-corrected chi connectivity index (χ3v) is 4.50. The fourth-order valence-corrected chi connectivity index (χ4v) is 2.37. The summed E-state index contributed by atoms with van der Waals surface area (Å²) in [7, 11) is -1.78. The van der Waals surface area contributed by atoms with Gasteiger partial charge in [0.15, 0.2) is 0 Å². The first-order chi connectivity index (χ1) is 9.88. The van der Waals surface area contributed by atoms with Crippen LogP contribution in [0.25, 0.3) is 0 Å². The summed E-state index contributed by atoms with van der Waals surface area (Å²) >= 11 is 6.05. The van der Waals surface area contributed by atoms with Crippen molar-refractivity contribution >= 4 is 39.2 Å². The SMILES string of the molecule is CN(c1cccc(N=Cc2ccccc2Cl)c1)S(C)(=O)=O. The molecule has 0 saturated heterocycles. The van der Waals surface area contributed by atoms with Crippen molar-refractivity contribution in [2.45, 2.75) is 0 Å². The van der Waals surface area contributed by atoms with Crippen LogP contribution >= 0.6 is 11.6 Å². The number of aliphatic imine (C=N–C) groups is 1. The van der Waals surface area contributed by atoms with E-state index in [4.69, 9.17) is 11.6 Å². The lowest BCUT2D eigenvalue weighted by Gasteiger charge is -2.16. The summed E-state index contributed by atoms with van der Waals surface area (Å²) in [6, 6.07) is 14.4. The predicted octanol–water partition coefficient (Wildman–Crippen LogP) is 3.49. The molecule has 0 atom stereocenters.